The maximum atomic E-state index is 13.2. The van der Waals surface area contributed by atoms with Crippen LogP contribution in [0, 0.1) is 0 Å². The number of benzene rings is 3. The number of carbonyl (C=O) groups excluding carboxylic acids is 3. The van der Waals surface area contributed by atoms with E-state index >= 15 is 0 Å². The summed E-state index contributed by atoms with van der Waals surface area (Å²) in [7, 11) is 0. The molecular weight excluding hydrogens is 424 g/mol. The number of hydrogen-bond acceptors (Lipinski definition) is 4. The molecule has 2 aliphatic rings. The molecule has 3 amide bonds. The molecule has 2 heterocycles. The highest BCUT2D eigenvalue weighted by atomic mass is 32.2. The van der Waals surface area contributed by atoms with E-state index in [0.29, 0.717) is 16.0 Å². The van der Waals surface area contributed by atoms with Crippen LogP contribution in [0.2, 0.25) is 0 Å². The van der Waals surface area contributed by atoms with Crippen molar-refractivity contribution in [1.29, 1.82) is 0 Å². The number of imide groups is 1. The van der Waals surface area contributed by atoms with Crippen LogP contribution in [0.4, 0.5) is 0 Å². The van der Waals surface area contributed by atoms with Crippen molar-refractivity contribution in [2.75, 3.05) is 12.3 Å². The Morgan fingerprint density at radius 3 is 1.84 bits per heavy atom. The Hall–Kier alpha value is -3.42. The summed E-state index contributed by atoms with van der Waals surface area (Å²) in [5, 5.41) is 0. The van der Waals surface area contributed by atoms with Crippen molar-refractivity contribution < 1.29 is 18.9 Å². The monoisotopic (exact) mass is 444 g/mol. The SMILES string of the molecule is O=C1[C@H](N2C(=O)c3ccccc3C2=O)[C@H](c2ccccc2)N1CC[S+]([O-])c1ccccc1. The molecule has 0 saturated carbocycles. The molecule has 3 aromatic carbocycles. The predicted octanol–water partition coefficient (Wildman–Crippen LogP) is 3.04. The molecule has 0 aliphatic carbocycles. The Bertz CT molecular complexity index is 1150. The van der Waals surface area contributed by atoms with Gasteiger partial charge in [0.2, 0.25) is 5.91 Å². The molecule has 32 heavy (non-hydrogen) atoms. The van der Waals surface area contributed by atoms with Crippen LogP contribution in [0.25, 0.3) is 0 Å². The molecule has 1 unspecified atom stereocenters. The van der Waals surface area contributed by atoms with Gasteiger partial charge in [-0.25, -0.2) is 0 Å². The standard InChI is InChI=1S/C25H20N2O4S/c28-23-19-13-7-8-14-20(19)24(29)27(23)22-21(17-9-3-1-4-10-17)26(25(22)30)15-16-32(31)18-11-5-2-6-12-18/h1-14,21-22H,15-16H2/t21-,22+,32?/m0/s1. The van der Waals surface area contributed by atoms with Crippen LogP contribution in [0.15, 0.2) is 89.8 Å². The number of likely N-dealkylation sites (tertiary alicyclic amines) is 1. The summed E-state index contributed by atoms with van der Waals surface area (Å²) in [4.78, 5) is 42.6. The fourth-order valence-corrected chi connectivity index (χ4v) is 5.43. The summed E-state index contributed by atoms with van der Waals surface area (Å²) in [6.07, 6.45) is 0. The van der Waals surface area contributed by atoms with Crippen molar-refractivity contribution in [3.63, 3.8) is 0 Å². The second-order valence-corrected chi connectivity index (χ2v) is 9.29. The molecular formula is C25H20N2O4S. The van der Waals surface area contributed by atoms with Gasteiger partial charge in [-0.3, -0.25) is 19.3 Å². The van der Waals surface area contributed by atoms with Gasteiger partial charge in [-0.05, 0) is 41.0 Å². The van der Waals surface area contributed by atoms with E-state index in [2.05, 4.69) is 0 Å². The minimum atomic E-state index is -1.26. The third kappa shape index (κ3) is 3.30. The normalized spacial score (nSPS) is 20.8. The van der Waals surface area contributed by atoms with Crippen molar-refractivity contribution in [2.45, 2.75) is 17.0 Å². The highest BCUT2D eigenvalue weighted by Crippen LogP contribution is 2.41. The van der Waals surface area contributed by atoms with E-state index in [9.17, 15) is 18.9 Å². The first kappa shape index (κ1) is 20.5. The van der Waals surface area contributed by atoms with Crippen LogP contribution in [-0.2, 0) is 16.0 Å². The van der Waals surface area contributed by atoms with Gasteiger partial charge in [0.05, 0.1) is 23.7 Å². The Kier molecular flexibility index (Phi) is 5.28. The first-order valence-corrected chi connectivity index (χ1v) is 11.7. The van der Waals surface area contributed by atoms with E-state index in [1.54, 1.807) is 41.3 Å². The quantitative estimate of drug-likeness (QED) is 0.333. The molecule has 5 rings (SSSR count). The van der Waals surface area contributed by atoms with Gasteiger partial charge < -0.3 is 9.45 Å². The minimum Gasteiger partial charge on any atom is -0.611 e. The third-order valence-corrected chi connectivity index (χ3v) is 7.29. The molecule has 1 saturated heterocycles. The summed E-state index contributed by atoms with van der Waals surface area (Å²) >= 11 is -1.26. The number of fused-ring (bicyclic) bond motifs is 1. The van der Waals surface area contributed by atoms with Crippen LogP contribution in [-0.4, -0.2) is 50.4 Å². The van der Waals surface area contributed by atoms with Gasteiger partial charge >= 0.3 is 0 Å². The van der Waals surface area contributed by atoms with Crippen molar-refractivity contribution in [1.82, 2.24) is 9.80 Å². The first-order chi connectivity index (χ1) is 15.6. The number of hydrogen-bond donors (Lipinski definition) is 0. The molecule has 3 aromatic rings. The summed E-state index contributed by atoms with van der Waals surface area (Å²) < 4.78 is 12.7. The van der Waals surface area contributed by atoms with Gasteiger partial charge in [0.1, 0.15) is 11.8 Å². The molecule has 160 valence electrons. The van der Waals surface area contributed by atoms with Crippen molar-refractivity contribution >= 4 is 28.9 Å². The van der Waals surface area contributed by atoms with E-state index < -0.39 is 35.1 Å². The minimum absolute atomic E-state index is 0.263. The lowest BCUT2D eigenvalue weighted by atomic mass is 9.87. The summed E-state index contributed by atoms with van der Waals surface area (Å²) in [5.41, 5.74) is 1.47. The van der Waals surface area contributed by atoms with Gasteiger partial charge in [0.15, 0.2) is 4.90 Å². The highest BCUT2D eigenvalue weighted by Gasteiger charge is 2.56. The number of amides is 3. The summed E-state index contributed by atoms with van der Waals surface area (Å²) in [6.45, 7) is 0.263. The third-order valence-electron chi connectivity index (χ3n) is 5.94. The summed E-state index contributed by atoms with van der Waals surface area (Å²) in [6, 6.07) is 23.7. The zero-order valence-corrected chi connectivity index (χ0v) is 17.9. The molecule has 0 spiro atoms. The lowest BCUT2D eigenvalue weighted by Crippen LogP contribution is -2.67. The second kappa shape index (κ2) is 8.26. The summed E-state index contributed by atoms with van der Waals surface area (Å²) in [5.74, 6) is -0.929. The van der Waals surface area contributed by atoms with E-state index in [-0.39, 0.29) is 18.2 Å². The zero-order valence-electron chi connectivity index (χ0n) is 17.1. The van der Waals surface area contributed by atoms with Crippen molar-refractivity contribution in [3.05, 3.63) is 102 Å². The van der Waals surface area contributed by atoms with Crippen LogP contribution >= 0.6 is 0 Å². The van der Waals surface area contributed by atoms with E-state index in [0.717, 1.165) is 10.5 Å². The average Bonchev–Trinajstić information content (AvgIpc) is 3.08. The Balaban J connectivity index is 1.41. The largest absolute Gasteiger partial charge is 0.611 e. The molecule has 0 bridgehead atoms. The van der Waals surface area contributed by atoms with Crippen molar-refractivity contribution in [3.8, 4) is 0 Å². The van der Waals surface area contributed by atoms with Gasteiger partial charge in [0.25, 0.3) is 11.8 Å². The molecule has 6 nitrogen and oxygen atoms in total. The van der Waals surface area contributed by atoms with E-state index in [1.807, 2.05) is 48.5 Å². The zero-order chi connectivity index (χ0) is 22.2. The second-order valence-electron chi connectivity index (χ2n) is 7.72. The van der Waals surface area contributed by atoms with Crippen molar-refractivity contribution in [2.24, 2.45) is 0 Å². The van der Waals surface area contributed by atoms with Gasteiger partial charge in [-0.2, -0.15) is 0 Å². The molecule has 2 aliphatic heterocycles. The lowest BCUT2D eigenvalue weighted by Gasteiger charge is -2.49. The fourth-order valence-electron chi connectivity index (χ4n) is 4.38. The molecule has 3 atom stereocenters. The maximum Gasteiger partial charge on any atom is 0.262 e. The lowest BCUT2D eigenvalue weighted by molar-refractivity contribution is -0.155. The molecule has 1 fully saturated rings. The topological polar surface area (TPSA) is 80.8 Å². The van der Waals surface area contributed by atoms with Crippen LogP contribution in [0.5, 0.6) is 0 Å². The highest BCUT2D eigenvalue weighted by molar-refractivity contribution is 7.91. The van der Waals surface area contributed by atoms with Gasteiger partial charge in [-0.1, -0.05) is 60.7 Å². The van der Waals surface area contributed by atoms with Crippen LogP contribution < -0.4 is 0 Å². The smallest absolute Gasteiger partial charge is 0.262 e. The van der Waals surface area contributed by atoms with E-state index in [4.69, 9.17) is 0 Å². The molecule has 0 aromatic heterocycles. The fraction of sp³-hybridized carbons (Fsp3) is 0.160. The predicted molar refractivity (Wildman–Crippen MR) is 119 cm³/mol. The van der Waals surface area contributed by atoms with E-state index in [1.165, 1.54) is 0 Å². The number of carbonyl (C=O) groups is 3. The van der Waals surface area contributed by atoms with Crippen LogP contribution in [0.1, 0.15) is 32.3 Å². The Morgan fingerprint density at radius 1 is 0.719 bits per heavy atom. The molecule has 7 heteroatoms. The number of rotatable bonds is 6. The number of nitrogens with zero attached hydrogens (tertiary/aromatic N) is 2. The Morgan fingerprint density at radius 2 is 1.25 bits per heavy atom. The first-order valence-electron chi connectivity index (χ1n) is 10.3. The number of β-lactam (4-membered cyclic amide) rings is 1. The average molecular weight is 445 g/mol. The Labute approximate surface area is 188 Å². The maximum absolute atomic E-state index is 13.2. The molecule has 0 N–H and O–H groups in total. The molecule has 0 radical (unpaired) electrons. The van der Waals surface area contributed by atoms with Crippen LogP contribution in [0.3, 0.4) is 0 Å². The van der Waals surface area contributed by atoms with Gasteiger partial charge in [-0.15, -0.1) is 0 Å². The van der Waals surface area contributed by atoms with Gasteiger partial charge in [0, 0.05) is 0 Å².